The van der Waals surface area contributed by atoms with Gasteiger partial charge in [0, 0.05) is 24.5 Å². The number of nitrogens with one attached hydrogen (secondary N) is 1. The average molecular weight is 308 g/mol. The molecule has 0 aliphatic carbocycles. The first-order chi connectivity index (χ1) is 10.2. The van der Waals surface area contributed by atoms with Gasteiger partial charge in [-0.15, -0.1) is 0 Å². The zero-order valence-electron chi connectivity index (χ0n) is 11.8. The largest absolute Gasteiger partial charge is 0.495 e. The van der Waals surface area contributed by atoms with Crippen LogP contribution in [0, 0.1) is 0 Å². The molecule has 1 aliphatic heterocycles. The van der Waals surface area contributed by atoms with Crippen molar-refractivity contribution in [1.82, 2.24) is 14.9 Å². The summed E-state index contributed by atoms with van der Waals surface area (Å²) in [6.45, 7) is 1.49. The van der Waals surface area contributed by atoms with Crippen LogP contribution in [-0.2, 0) is 0 Å². The number of hydrogen-bond acceptors (Lipinski definition) is 4. The molecule has 5 nitrogen and oxygen atoms in total. The topological polar surface area (TPSA) is 59.3 Å². The SMILES string of the molecule is COc1ccc(-c2nccn2[C@H]2CCNC[C@@H]2O)cc1Cl. The van der Waals surface area contributed by atoms with Crippen LogP contribution in [0.1, 0.15) is 12.5 Å². The van der Waals surface area contributed by atoms with Crippen molar-refractivity contribution in [1.29, 1.82) is 0 Å². The second-order valence-corrected chi connectivity index (χ2v) is 5.54. The Morgan fingerprint density at radius 3 is 3.05 bits per heavy atom. The Kier molecular flexibility index (Phi) is 4.14. The maximum Gasteiger partial charge on any atom is 0.140 e. The summed E-state index contributed by atoms with van der Waals surface area (Å²) in [7, 11) is 1.59. The molecule has 0 saturated carbocycles. The van der Waals surface area contributed by atoms with E-state index in [-0.39, 0.29) is 6.04 Å². The number of hydrogen-bond donors (Lipinski definition) is 2. The second-order valence-electron chi connectivity index (χ2n) is 5.13. The maximum absolute atomic E-state index is 10.2. The number of rotatable bonds is 3. The van der Waals surface area contributed by atoms with Crippen LogP contribution in [0.15, 0.2) is 30.6 Å². The highest BCUT2D eigenvalue weighted by Gasteiger charge is 2.26. The lowest BCUT2D eigenvalue weighted by Gasteiger charge is -2.30. The van der Waals surface area contributed by atoms with Gasteiger partial charge < -0.3 is 19.7 Å². The first-order valence-electron chi connectivity index (χ1n) is 6.96. The fourth-order valence-corrected chi connectivity index (χ4v) is 3.02. The van der Waals surface area contributed by atoms with E-state index in [1.54, 1.807) is 13.3 Å². The van der Waals surface area contributed by atoms with Gasteiger partial charge >= 0.3 is 0 Å². The third-order valence-corrected chi connectivity index (χ3v) is 4.15. The lowest BCUT2D eigenvalue weighted by atomic mass is 10.0. The van der Waals surface area contributed by atoms with E-state index in [2.05, 4.69) is 10.3 Å². The van der Waals surface area contributed by atoms with Crippen LogP contribution in [0.4, 0.5) is 0 Å². The molecular formula is C15H18ClN3O2. The Morgan fingerprint density at radius 1 is 1.48 bits per heavy atom. The minimum atomic E-state index is -0.416. The first-order valence-corrected chi connectivity index (χ1v) is 7.34. The number of aliphatic hydroxyl groups is 1. The van der Waals surface area contributed by atoms with E-state index < -0.39 is 6.10 Å². The van der Waals surface area contributed by atoms with Gasteiger partial charge in [0.1, 0.15) is 11.6 Å². The molecule has 2 heterocycles. The lowest BCUT2D eigenvalue weighted by molar-refractivity contribution is 0.0880. The third kappa shape index (κ3) is 2.77. The van der Waals surface area contributed by atoms with Crippen LogP contribution in [0.5, 0.6) is 5.75 Å². The van der Waals surface area contributed by atoms with E-state index in [1.807, 2.05) is 29.0 Å². The number of β-amino-alcohol motifs (C(OH)–C–C–N with tert-alkyl or cyclic N) is 1. The summed E-state index contributed by atoms with van der Waals surface area (Å²) in [5.74, 6) is 1.45. The highest BCUT2D eigenvalue weighted by Crippen LogP contribution is 2.31. The van der Waals surface area contributed by atoms with Gasteiger partial charge in [-0.1, -0.05) is 11.6 Å². The van der Waals surface area contributed by atoms with Gasteiger partial charge in [-0.25, -0.2) is 4.98 Å². The van der Waals surface area contributed by atoms with Crippen LogP contribution in [-0.4, -0.2) is 41.0 Å². The maximum atomic E-state index is 10.2. The Labute approximate surface area is 128 Å². The molecule has 1 aromatic carbocycles. The van der Waals surface area contributed by atoms with Gasteiger partial charge in [-0.2, -0.15) is 0 Å². The lowest BCUT2D eigenvalue weighted by Crippen LogP contribution is -2.41. The van der Waals surface area contributed by atoms with Gasteiger partial charge in [0.05, 0.1) is 24.3 Å². The molecule has 0 unspecified atom stereocenters. The molecule has 6 heteroatoms. The Morgan fingerprint density at radius 2 is 2.33 bits per heavy atom. The number of aliphatic hydroxyl groups excluding tert-OH is 1. The van der Waals surface area contributed by atoms with Crippen LogP contribution in [0.25, 0.3) is 11.4 Å². The van der Waals surface area contributed by atoms with Gasteiger partial charge in [0.15, 0.2) is 0 Å². The predicted octanol–water partition coefficient (Wildman–Crippen LogP) is 2.11. The van der Waals surface area contributed by atoms with Crippen LogP contribution < -0.4 is 10.1 Å². The van der Waals surface area contributed by atoms with Gasteiger partial charge in [-0.3, -0.25) is 0 Å². The molecule has 1 aliphatic rings. The van der Waals surface area contributed by atoms with Crippen molar-refractivity contribution >= 4 is 11.6 Å². The molecule has 2 N–H and O–H groups in total. The zero-order valence-corrected chi connectivity index (χ0v) is 12.5. The van der Waals surface area contributed by atoms with E-state index in [4.69, 9.17) is 16.3 Å². The number of halogens is 1. The van der Waals surface area contributed by atoms with Crippen molar-refractivity contribution in [3.05, 3.63) is 35.6 Å². The molecule has 0 bridgehead atoms. The second kappa shape index (κ2) is 6.05. The number of piperidine rings is 1. The molecule has 0 radical (unpaired) electrons. The van der Waals surface area contributed by atoms with Gasteiger partial charge in [-0.05, 0) is 31.2 Å². The van der Waals surface area contributed by atoms with Crippen molar-refractivity contribution in [3.8, 4) is 17.1 Å². The van der Waals surface area contributed by atoms with E-state index in [0.29, 0.717) is 17.3 Å². The summed E-state index contributed by atoms with van der Waals surface area (Å²) in [6.07, 6.45) is 4.11. The Hall–Kier alpha value is -1.56. The van der Waals surface area contributed by atoms with Gasteiger partial charge in [0.2, 0.25) is 0 Å². The molecule has 0 amide bonds. The average Bonchev–Trinajstić information content (AvgIpc) is 2.97. The Balaban J connectivity index is 1.96. The van der Waals surface area contributed by atoms with Crippen molar-refractivity contribution < 1.29 is 9.84 Å². The molecule has 3 rings (SSSR count). The highest BCUT2D eigenvalue weighted by atomic mass is 35.5. The smallest absolute Gasteiger partial charge is 0.140 e. The van der Waals surface area contributed by atoms with Crippen molar-refractivity contribution in [2.75, 3.05) is 20.2 Å². The van der Waals surface area contributed by atoms with E-state index in [1.165, 1.54) is 0 Å². The summed E-state index contributed by atoms with van der Waals surface area (Å²) in [4.78, 5) is 4.42. The summed E-state index contributed by atoms with van der Waals surface area (Å²) in [5.41, 5.74) is 0.913. The molecule has 112 valence electrons. The standard InChI is InChI=1S/C15H18ClN3O2/c1-21-14-3-2-10(8-11(14)16)15-18-6-7-19(15)12-4-5-17-9-13(12)20/h2-3,6-8,12-13,17,20H,4-5,9H2,1H3/t12-,13-/m0/s1. The molecule has 2 atom stereocenters. The summed E-state index contributed by atoms with van der Waals surface area (Å²) in [5, 5.41) is 13.9. The van der Waals surface area contributed by atoms with Gasteiger partial charge in [0.25, 0.3) is 0 Å². The molecule has 1 fully saturated rings. The van der Waals surface area contributed by atoms with Crippen molar-refractivity contribution in [2.45, 2.75) is 18.6 Å². The number of methoxy groups -OCH3 is 1. The number of nitrogens with zero attached hydrogens (tertiary/aromatic N) is 2. The molecule has 0 spiro atoms. The first kappa shape index (κ1) is 14.4. The summed E-state index contributed by atoms with van der Waals surface area (Å²) in [6, 6.07) is 5.63. The van der Waals surface area contributed by atoms with Crippen LogP contribution in [0.2, 0.25) is 5.02 Å². The molecule has 2 aromatic rings. The van der Waals surface area contributed by atoms with E-state index in [0.717, 1.165) is 24.4 Å². The Bertz CT molecular complexity index is 629. The normalized spacial score (nSPS) is 22.2. The number of benzene rings is 1. The zero-order chi connectivity index (χ0) is 14.8. The van der Waals surface area contributed by atoms with Crippen LogP contribution >= 0.6 is 11.6 Å². The number of imidazole rings is 1. The quantitative estimate of drug-likeness (QED) is 0.912. The minimum Gasteiger partial charge on any atom is -0.495 e. The summed E-state index contributed by atoms with van der Waals surface area (Å²) < 4.78 is 7.20. The molecular weight excluding hydrogens is 290 g/mol. The molecule has 1 saturated heterocycles. The number of aromatic nitrogens is 2. The van der Waals surface area contributed by atoms with E-state index >= 15 is 0 Å². The van der Waals surface area contributed by atoms with Crippen molar-refractivity contribution in [3.63, 3.8) is 0 Å². The molecule has 21 heavy (non-hydrogen) atoms. The predicted molar refractivity (Wildman–Crippen MR) is 81.8 cm³/mol. The fraction of sp³-hybridized carbons (Fsp3) is 0.400. The third-order valence-electron chi connectivity index (χ3n) is 3.85. The number of ether oxygens (including phenoxy) is 1. The van der Waals surface area contributed by atoms with E-state index in [9.17, 15) is 5.11 Å². The van der Waals surface area contributed by atoms with Crippen molar-refractivity contribution in [2.24, 2.45) is 0 Å². The van der Waals surface area contributed by atoms with Crippen LogP contribution in [0.3, 0.4) is 0 Å². The monoisotopic (exact) mass is 307 g/mol. The minimum absolute atomic E-state index is 0.0321. The summed E-state index contributed by atoms with van der Waals surface area (Å²) >= 11 is 6.19. The molecule has 1 aromatic heterocycles. The highest BCUT2D eigenvalue weighted by molar-refractivity contribution is 6.32. The fourth-order valence-electron chi connectivity index (χ4n) is 2.76.